The maximum absolute atomic E-state index is 6.27. The van der Waals surface area contributed by atoms with Gasteiger partial charge in [-0.25, -0.2) is 4.98 Å². The highest BCUT2D eigenvalue weighted by atomic mass is 79.9. The van der Waals surface area contributed by atoms with Gasteiger partial charge in [-0.1, -0.05) is 33.6 Å². The highest BCUT2D eigenvalue weighted by Gasteiger charge is 2.15. The van der Waals surface area contributed by atoms with Gasteiger partial charge in [0, 0.05) is 21.8 Å². The Balaban J connectivity index is 2.35. The lowest BCUT2D eigenvalue weighted by molar-refractivity contribution is 0.907. The number of alkyl halides is 1. The van der Waals surface area contributed by atoms with Crippen LogP contribution in [0.15, 0.2) is 40.9 Å². The number of imidazole rings is 1. The molecule has 108 valence electrons. The molecule has 0 aliphatic carbocycles. The summed E-state index contributed by atoms with van der Waals surface area (Å²) in [6, 6.07) is 12.0. The molecule has 0 fully saturated rings. The molecule has 0 amide bonds. The van der Waals surface area contributed by atoms with Crippen molar-refractivity contribution in [2.75, 3.05) is 5.88 Å². The van der Waals surface area contributed by atoms with Crippen molar-refractivity contribution in [3.63, 3.8) is 0 Å². The number of hydrogen-bond donors (Lipinski definition) is 0. The van der Waals surface area contributed by atoms with E-state index in [0.717, 1.165) is 37.6 Å². The van der Waals surface area contributed by atoms with Crippen LogP contribution in [-0.4, -0.2) is 15.4 Å². The zero-order chi connectivity index (χ0) is 15.0. The van der Waals surface area contributed by atoms with Crippen LogP contribution in [0.2, 0.25) is 5.02 Å². The fraction of sp³-hybridized carbons (Fsp3) is 0.188. The van der Waals surface area contributed by atoms with Gasteiger partial charge in [-0.2, -0.15) is 0 Å². The van der Waals surface area contributed by atoms with E-state index in [2.05, 4.69) is 32.6 Å². The summed E-state index contributed by atoms with van der Waals surface area (Å²) < 4.78 is 3.16. The summed E-state index contributed by atoms with van der Waals surface area (Å²) in [7, 11) is 0. The van der Waals surface area contributed by atoms with Crippen molar-refractivity contribution in [2.45, 2.75) is 13.3 Å². The van der Waals surface area contributed by atoms with Crippen molar-refractivity contribution >= 4 is 50.2 Å². The molecule has 21 heavy (non-hydrogen) atoms. The summed E-state index contributed by atoms with van der Waals surface area (Å²) in [5, 5.41) is 0.751. The fourth-order valence-corrected chi connectivity index (χ4v) is 3.15. The Morgan fingerprint density at radius 1 is 1.24 bits per heavy atom. The minimum atomic E-state index is 0.532. The summed E-state index contributed by atoms with van der Waals surface area (Å²) in [6.45, 7) is 2.02. The minimum Gasteiger partial charge on any atom is -0.296 e. The molecule has 5 heteroatoms. The normalized spacial score (nSPS) is 11.2. The number of rotatable bonds is 3. The van der Waals surface area contributed by atoms with Crippen molar-refractivity contribution in [2.24, 2.45) is 0 Å². The second kappa shape index (κ2) is 5.99. The number of halogens is 3. The molecule has 2 nitrogen and oxygen atoms in total. The van der Waals surface area contributed by atoms with Gasteiger partial charge in [0.15, 0.2) is 0 Å². The van der Waals surface area contributed by atoms with Crippen LogP contribution in [0.4, 0.5) is 0 Å². The van der Waals surface area contributed by atoms with Gasteiger partial charge >= 0.3 is 0 Å². The fourth-order valence-electron chi connectivity index (χ4n) is 2.46. The van der Waals surface area contributed by atoms with E-state index in [9.17, 15) is 0 Å². The summed E-state index contributed by atoms with van der Waals surface area (Å²) in [6.07, 6.45) is 0.708. The molecule has 3 rings (SSSR count). The van der Waals surface area contributed by atoms with Crippen molar-refractivity contribution in [3.8, 4) is 5.69 Å². The highest BCUT2D eigenvalue weighted by Crippen LogP contribution is 2.29. The first-order valence-corrected chi connectivity index (χ1v) is 8.30. The van der Waals surface area contributed by atoms with Gasteiger partial charge < -0.3 is 0 Å². The number of hydrogen-bond acceptors (Lipinski definition) is 1. The Hall–Kier alpha value is -1.03. The molecule has 0 bridgehead atoms. The van der Waals surface area contributed by atoms with E-state index in [1.807, 2.05) is 31.2 Å². The smallest absolute Gasteiger partial charge is 0.115 e. The predicted molar refractivity (Wildman–Crippen MR) is 92.9 cm³/mol. The van der Waals surface area contributed by atoms with E-state index in [-0.39, 0.29) is 0 Å². The van der Waals surface area contributed by atoms with Crippen LogP contribution in [0.1, 0.15) is 11.4 Å². The van der Waals surface area contributed by atoms with Gasteiger partial charge in [-0.3, -0.25) is 4.57 Å². The van der Waals surface area contributed by atoms with Crippen molar-refractivity contribution in [1.29, 1.82) is 0 Å². The lowest BCUT2D eigenvalue weighted by atomic mass is 10.2. The van der Waals surface area contributed by atoms with E-state index < -0.39 is 0 Å². The quantitative estimate of drug-likeness (QED) is 0.543. The summed E-state index contributed by atoms with van der Waals surface area (Å²) in [4.78, 5) is 4.71. The summed E-state index contributed by atoms with van der Waals surface area (Å²) in [5.74, 6) is 1.48. The maximum atomic E-state index is 6.27. The second-order valence-electron chi connectivity index (χ2n) is 4.82. The number of aromatic nitrogens is 2. The Morgan fingerprint density at radius 2 is 2.05 bits per heavy atom. The van der Waals surface area contributed by atoms with E-state index in [0.29, 0.717) is 12.3 Å². The van der Waals surface area contributed by atoms with Crippen LogP contribution in [0.5, 0.6) is 0 Å². The van der Waals surface area contributed by atoms with Crippen molar-refractivity contribution in [3.05, 3.63) is 57.3 Å². The summed E-state index contributed by atoms with van der Waals surface area (Å²) >= 11 is 15.7. The van der Waals surface area contributed by atoms with E-state index in [1.54, 1.807) is 0 Å². The van der Waals surface area contributed by atoms with Crippen molar-refractivity contribution in [1.82, 2.24) is 9.55 Å². The monoisotopic (exact) mass is 382 g/mol. The molecular weight excluding hydrogens is 371 g/mol. The van der Waals surface area contributed by atoms with Crippen molar-refractivity contribution < 1.29 is 0 Å². The third-order valence-corrected chi connectivity index (χ3v) is 4.58. The first kappa shape index (κ1) is 14.9. The molecule has 0 N–H and O–H groups in total. The Kier molecular flexibility index (Phi) is 4.25. The van der Waals surface area contributed by atoms with Crippen LogP contribution in [0.3, 0.4) is 0 Å². The summed E-state index contributed by atoms with van der Waals surface area (Å²) in [5.41, 5.74) is 4.09. The SMILES string of the molecule is Cc1c(Cl)cccc1-n1c(CCCl)nc2ccc(Br)cc21. The molecule has 0 aliphatic rings. The number of fused-ring (bicyclic) bond motifs is 1. The van der Waals surface area contributed by atoms with Crippen LogP contribution >= 0.6 is 39.1 Å². The van der Waals surface area contributed by atoms with E-state index in [1.165, 1.54) is 0 Å². The number of benzene rings is 2. The Labute approximate surface area is 141 Å². The maximum Gasteiger partial charge on any atom is 0.115 e. The molecule has 3 aromatic rings. The van der Waals surface area contributed by atoms with Gasteiger partial charge in [0.05, 0.1) is 16.7 Å². The van der Waals surface area contributed by atoms with Gasteiger partial charge in [0.25, 0.3) is 0 Å². The zero-order valence-electron chi connectivity index (χ0n) is 11.4. The molecule has 1 aromatic heterocycles. The molecular formula is C16H13BrCl2N2. The Morgan fingerprint density at radius 3 is 2.81 bits per heavy atom. The first-order chi connectivity index (χ1) is 10.1. The molecule has 1 heterocycles. The molecule has 2 aromatic carbocycles. The third-order valence-electron chi connectivity index (χ3n) is 3.48. The van der Waals surface area contributed by atoms with E-state index >= 15 is 0 Å². The lowest BCUT2D eigenvalue weighted by Gasteiger charge is -2.13. The van der Waals surface area contributed by atoms with Crippen LogP contribution in [0, 0.1) is 6.92 Å². The number of nitrogens with zero attached hydrogens (tertiary/aromatic N) is 2. The van der Waals surface area contributed by atoms with Gasteiger partial charge in [0.2, 0.25) is 0 Å². The molecule has 0 unspecified atom stereocenters. The zero-order valence-corrected chi connectivity index (χ0v) is 14.5. The van der Waals surface area contributed by atoms with Crippen LogP contribution in [-0.2, 0) is 6.42 Å². The van der Waals surface area contributed by atoms with Gasteiger partial charge in [-0.15, -0.1) is 11.6 Å². The number of aryl methyl sites for hydroxylation is 1. The van der Waals surface area contributed by atoms with E-state index in [4.69, 9.17) is 28.2 Å². The average molecular weight is 384 g/mol. The molecule has 0 aliphatic heterocycles. The molecule has 0 radical (unpaired) electrons. The molecule has 0 atom stereocenters. The van der Waals surface area contributed by atoms with Gasteiger partial charge in [-0.05, 0) is 42.8 Å². The molecule has 0 saturated heterocycles. The third kappa shape index (κ3) is 2.70. The van der Waals surface area contributed by atoms with Crippen LogP contribution in [0.25, 0.3) is 16.7 Å². The van der Waals surface area contributed by atoms with Crippen LogP contribution < -0.4 is 0 Å². The van der Waals surface area contributed by atoms with Gasteiger partial charge in [0.1, 0.15) is 5.82 Å². The minimum absolute atomic E-state index is 0.532. The standard InChI is InChI=1S/C16H13BrCl2N2/c1-10-12(19)3-2-4-14(10)21-15-9-11(17)5-6-13(15)20-16(21)7-8-18/h2-6,9H,7-8H2,1H3. The first-order valence-electron chi connectivity index (χ1n) is 6.60. The highest BCUT2D eigenvalue weighted by molar-refractivity contribution is 9.10. The average Bonchev–Trinajstić information content (AvgIpc) is 2.80. The predicted octanol–water partition coefficient (Wildman–Crippen LogP) is 5.53. The molecule has 0 spiro atoms. The second-order valence-corrected chi connectivity index (χ2v) is 6.52. The molecule has 0 saturated carbocycles. The lowest BCUT2D eigenvalue weighted by Crippen LogP contribution is -2.04. The Bertz CT molecular complexity index is 811. The largest absolute Gasteiger partial charge is 0.296 e. The topological polar surface area (TPSA) is 17.8 Å².